The number of ether oxygens (including phenoxy) is 1. The molecule has 0 aromatic carbocycles. The van der Waals surface area contributed by atoms with Gasteiger partial charge in [-0.15, -0.1) is 10.2 Å². The van der Waals surface area contributed by atoms with E-state index in [9.17, 15) is 9.59 Å². The van der Waals surface area contributed by atoms with E-state index >= 15 is 0 Å². The third-order valence-electron chi connectivity index (χ3n) is 3.06. The second-order valence-electron chi connectivity index (χ2n) is 4.88. The fourth-order valence-electron chi connectivity index (χ4n) is 1.93. The fourth-order valence-corrected chi connectivity index (χ4v) is 1.93. The van der Waals surface area contributed by atoms with Gasteiger partial charge in [-0.3, -0.25) is 14.6 Å². The Balaban J connectivity index is -0.000000317. The summed E-state index contributed by atoms with van der Waals surface area (Å²) in [4.78, 5) is 32.4. The van der Waals surface area contributed by atoms with Crippen LogP contribution in [0.15, 0.2) is 4.79 Å². The summed E-state index contributed by atoms with van der Waals surface area (Å²) in [6.07, 6.45) is 7.27. The first kappa shape index (κ1) is 29.5. The number of nitrogens with zero attached hydrogens (tertiary/aromatic N) is 2. The van der Waals surface area contributed by atoms with Crippen LogP contribution in [-0.2, 0) is 20.9 Å². The van der Waals surface area contributed by atoms with Crippen LogP contribution in [0.1, 0.15) is 65.5 Å². The van der Waals surface area contributed by atoms with Crippen molar-refractivity contribution in [2.24, 2.45) is 5.92 Å². The van der Waals surface area contributed by atoms with Crippen LogP contribution in [0.4, 0.5) is 5.95 Å². The molecule has 27 heavy (non-hydrogen) atoms. The molecule has 1 aromatic heterocycles. The SMILES string of the molecule is CC.CC.CNCc1nnc(N)[nH]c1=O.COC=O.O=CC1CCCCC1. The monoisotopic (exact) mass is 387 g/mol. The molecule has 2 rings (SSSR count). The second-order valence-corrected chi connectivity index (χ2v) is 4.88. The summed E-state index contributed by atoms with van der Waals surface area (Å²) in [5.41, 5.74) is 5.21. The predicted octanol–water partition coefficient (Wildman–Crippen LogP) is 2.07. The zero-order chi connectivity index (χ0) is 21.5. The van der Waals surface area contributed by atoms with E-state index in [0.717, 1.165) is 19.1 Å². The van der Waals surface area contributed by atoms with E-state index in [4.69, 9.17) is 10.5 Å². The molecule has 0 saturated heterocycles. The molecule has 1 aromatic rings. The number of H-pyrrole nitrogens is 1. The van der Waals surface area contributed by atoms with E-state index in [1.165, 1.54) is 26.4 Å². The van der Waals surface area contributed by atoms with Crippen LogP contribution in [0.3, 0.4) is 0 Å². The van der Waals surface area contributed by atoms with Crippen LogP contribution in [0.25, 0.3) is 0 Å². The van der Waals surface area contributed by atoms with Gasteiger partial charge in [0.2, 0.25) is 5.95 Å². The Labute approximate surface area is 162 Å². The summed E-state index contributed by atoms with van der Waals surface area (Å²) in [6.45, 7) is 8.77. The summed E-state index contributed by atoms with van der Waals surface area (Å²) in [7, 11) is 3.03. The molecule has 158 valence electrons. The molecular formula is C18H37N5O4. The van der Waals surface area contributed by atoms with Crippen molar-refractivity contribution in [3.63, 3.8) is 0 Å². The molecular weight excluding hydrogens is 350 g/mol. The molecule has 1 fully saturated rings. The number of hydrogen-bond acceptors (Lipinski definition) is 8. The summed E-state index contributed by atoms with van der Waals surface area (Å²) in [5.74, 6) is 0.443. The summed E-state index contributed by atoms with van der Waals surface area (Å²) < 4.78 is 3.86. The van der Waals surface area contributed by atoms with E-state index in [1.807, 2.05) is 27.7 Å². The topological polar surface area (TPSA) is 140 Å². The smallest absolute Gasteiger partial charge is 0.292 e. The van der Waals surface area contributed by atoms with Crippen molar-refractivity contribution in [2.75, 3.05) is 19.9 Å². The van der Waals surface area contributed by atoms with Crippen LogP contribution >= 0.6 is 0 Å². The number of rotatable bonds is 4. The number of nitrogens with two attached hydrogens (primary N) is 1. The number of methoxy groups -OCH3 is 1. The van der Waals surface area contributed by atoms with Crippen molar-refractivity contribution in [2.45, 2.75) is 66.3 Å². The van der Waals surface area contributed by atoms with Gasteiger partial charge in [-0.25, -0.2) is 0 Å². The number of aromatic nitrogens is 3. The number of nitrogens with one attached hydrogen (secondary N) is 2. The van der Waals surface area contributed by atoms with Gasteiger partial charge in [-0.2, -0.15) is 0 Å². The molecule has 0 atom stereocenters. The van der Waals surface area contributed by atoms with Crippen molar-refractivity contribution in [3.05, 3.63) is 16.0 Å². The number of aromatic amines is 1. The lowest BCUT2D eigenvalue weighted by Crippen LogP contribution is -2.22. The Hall–Kier alpha value is -2.29. The van der Waals surface area contributed by atoms with Gasteiger partial charge in [0.15, 0.2) is 0 Å². The van der Waals surface area contributed by atoms with Crippen molar-refractivity contribution in [3.8, 4) is 0 Å². The number of hydrogen-bond donors (Lipinski definition) is 3. The zero-order valence-corrected chi connectivity index (χ0v) is 17.6. The highest BCUT2D eigenvalue weighted by Crippen LogP contribution is 2.21. The molecule has 0 spiro atoms. The van der Waals surface area contributed by atoms with Crippen LogP contribution in [0.2, 0.25) is 0 Å². The zero-order valence-electron chi connectivity index (χ0n) is 17.6. The van der Waals surface area contributed by atoms with Gasteiger partial charge in [0.05, 0.1) is 7.11 Å². The molecule has 1 saturated carbocycles. The Morgan fingerprint density at radius 3 is 2.00 bits per heavy atom. The minimum Gasteiger partial charge on any atom is -0.471 e. The van der Waals surface area contributed by atoms with Gasteiger partial charge in [-0.05, 0) is 19.9 Å². The van der Waals surface area contributed by atoms with Gasteiger partial charge >= 0.3 is 0 Å². The summed E-state index contributed by atoms with van der Waals surface area (Å²) in [6, 6.07) is 0. The van der Waals surface area contributed by atoms with E-state index in [1.54, 1.807) is 7.05 Å². The minimum atomic E-state index is -0.299. The number of carbonyl (C=O) groups is 2. The number of carbonyl (C=O) groups excluding carboxylic acids is 2. The second kappa shape index (κ2) is 23.7. The van der Waals surface area contributed by atoms with Crippen molar-refractivity contribution in [1.29, 1.82) is 0 Å². The molecule has 1 heterocycles. The average Bonchev–Trinajstić information content (AvgIpc) is 2.74. The average molecular weight is 388 g/mol. The lowest BCUT2D eigenvalue weighted by atomic mass is 9.91. The highest BCUT2D eigenvalue weighted by molar-refractivity contribution is 5.53. The van der Waals surface area contributed by atoms with Crippen LogP contribution in [-0.4, -0.2) is 42.1 Å². The lowest BCUT2D eigenvalue weighted by molar-refractivity contribution is -0.126. The molecule has 1 aliphatic rings. The van der Waals surface area contributed by atoms with Crippen LogP contribution in [0, 0.1) is 5.92 Å². The molecule has 0 radical (unpaired) electrons. The van der Waals surface area contributed by atoms with Gasteiger partial charge in [0.25, 0.3) is 12.0 Å². The Morgan fingerprint density at radius 2 is 1.67 bits per heavy atom. The van der Waals surface area contributed by atoms with Gasteiger partial charge in [-0.1, -0.05) is 47.0 Å². The van der Waals surface area contributed by atoms with Gasteiger partial charge < -0.3 is 20.6 Å². The van der Waals surface area contributed by atoms with Crippen molar-refractivity contribution < 1.29 is 14.3 Å². The number of nitrogen functional groups attached to an aromatic ring is 1. The van der Waals surface area contributed by atoms with E-state index < -0.39 is 0 Å². The highest BCUT2D eigenvalue weighted by atomic mass is 16.5. The molecule has 0 unspecified atom stereocenters. The lowest BCUT2D eigenvalue weighted by Gasteiger charge is -2.14. The van der Waals surface area contributed by atoms with Crippen molar-refractivity contribution in [1.82, 2.24) is 20.5 Å². The van der Waals surface area contributed by atoms with E-state index in [0.29, 0.717) is 24.6 Å². The maximum absolute atomic E-state index is 11.0. The van der Waals surface area contributed by atoms with E-state index in [-0.39, 0.29) is 11.5 Å². The maximum atomic E-state index is 11.0. The molecule has 0 bridgehead atoms. The first-order chi connectivity index (χ1) is 13.1. The Morgan fingerprint density at radius 1 is 1.15 bits per heavy atom. The van der Waals surface area contributed by atoms with E-state index in [2.05, 4.69) is 25.2 Å². The fraction of sp³-hybridized carbons (Fsp3) is 0.722. The van der Waals surface area contributed by atoms with Crippen LogP contribution in [0.5, 0.6) is 0 Å². The Bertz CT molecular complexity index is 503. The first-order valence-electron chi connectivity index (χ1n) is 9.36. The molecule has 4 N–H and O–H groups in total. The number of aldehydes is 1. The predicted molar refractivity (Wildman–Crippen MR) is 108 cm³/mol. The Kier molecular flexibility index (Phi) is 25.9. The van der Waals surface area contributed by atoms with Crippen LogP contribution < -0.4 is 16.6 Å². The molecule has 9 nitrogen and oxygen atoms in total. The van der Waals surface area contributed by atoms with Crippen molar-refractivity contribution >= 4 is 18.7 Å². The maximum Gasteiger partial charge on any atom is 0.292 e. The number of anilines is 1. The summed E-state index contributed by atoms with van der Waals surface area (Å²) >= 11 is 0. The quantitative estimate of drug-likeness (QED) is 0.667. The normalized spacial score (nSPS) is 12.1. The third kappa shape index (κ3) is 18.3. The van der Waals surface area contributed by atoms with Gasteiger partial charge in [0, 0.05) is 12.5 Å². The standard InChI is InChI=1S/C7H12O.C5H9N5O.C2H4O2.2C2H6/c8-6-7-4-2-1-3-5-7;1-7-2-3-4(11)8-5(6)10-9-3;1-4-2-3;2*1-2/h6-7H,1-5H2;7H,2H2,1H3,(H3,6,8,10,11);2H,1H3;2*1-2H3. The highest BCUT2D eigenvalue weighted by Gasteiger charge is 2.10. The molecule has 0 aliphatic heterocycles. The largest absolute Gasteiger partial charge is 0.471 e. The minimum absolute atomic E-state index is 0.0369. The third-order valence-corrected chi connectivity index (χ3v) is 3.06. The molecule has 1 aliphatic carbocycles. The van der Waals surface area contributed by atoms with Gasteiger partial charge in [0.1, 0.15) is 12.0 Å². The first-order valence-corrected chi connectivity index (χ1v) is 9.36. The molecule has 9 heteroatoms. The molecule has 0 amide bonds. The summed E-state index contributed by atoms with van der Waals surface area (Å²) in [5, 5.41) is 9.86.